The molecule has 0 bridgehead atoms. The Morgan fingerprint density at radius 2 is 1.72 bits per heavy atom. The highest BCUT2D eigenvalue weighted by Gasteiger charge is 2.27. The fourth-order valence-electron chi connectivity index (χ4n) is 4.09. The minimum Gasteiger partial charge on any atom is -0.444 e. The molecule has 29 heavy (non-hydrogen) atoms. The first kappa shape index (κ1) is 21.9. The summed E-state index contributed by atoms with van der Waals surface area (Å²) in [4.78, 5) is 19.1. The number of rotatable bonds is 4. The number of nitrogens with zero attached hydrogens (tertiary/aromatic N) is 3. The first-order valence-corrected chi connectivity index (χ1v) is 10.8. The van der Waals surface area contributed by atoms with E-state index in [1.165, 1.54) is 16.8 Å². The zero-order valence-corrected chi connectivity index (χ0v) is 18.7. The zero-order chi connectivity index (χ0) is 21.0. The molecule has 0 spiro atoms. The van der Waals surface area contributed by atoms with Crippen LogP contribution in [-0.4, -0.2) is 74.0 Å². The molecule has 3 rings (SSSR count). The number of carbonyl (C=O) groups excluding carboxylic acids is 1. The summed E-state index contributed by atoms with van der Waals surface area (Å²) in [6.45, 7) is 14.1. The quantitative estimate of drug-likeness (QED) is 0.768. The van der Waals surface area contributed by atoms with Crippen LogP contribution in [-0.2, 0) is 16.0 Å². The molecular formula is C23H37N3O3. The van der Waals surface area contributed by atoms with Crippen LogP contribution in [0.2, 0.25) is 0 Å². The molecular weight excluding hydrogens is 366 g/mol. The minimum atomic E-state index is -0.443. The van der Waals surface area contributed by atoms with Gasteiger partial charge < -0.3 is 19.3 Å². The average Bonchev–Trinajstić information content (AvgIpc) is 2.68. The van der Waals surface area contributed by atoms with Crippen LogP contribution in [0.15, 0.2) is 18.2 Å². The standard InChI is InChI=1S/C23H37N3O3/c1-18-6-7-19(21(16-18)25-10-8-20(28-5)9-11-25)17-24-12-14-26(15-13-24)22(27)29-23(2,3)4/h6-7,16,20H,8-15,17H2,1-5H3. The molecule has 0 aromatic heterocycles. The number of piperidine rings is 1. The van der Waals surface area contributed by atoms with Crippen molar-refractivity contribution in [3.05, 3.63) is 29.3 Å². The van der Waals surface area contributed by atoms with Crippen LogP contribution in [0.4, 0.5) is 10.5 Å². The van der Waals surface area contributed by atoms with Crippen molar-refractivity contribution in [1.29, 1.82) is 0 Å². The Labute approximate surface area is 175 Å². The second-order valence-electron chi connectivity index (χ2n) is 9.30. The van der Waals surface area contributed by atoms with Gasteiger partial charge in [-0.2, -0.15) is 0 Å². The molecule has 162 valence electrons. The molecule has 2 aliphatic heterocycles. The Kier molecular flexibility index (Phi) is 7.06. The number of carbonyl (C=O) groups is 1. The van der Waals surface area contributed by atoms with Gasteiger partial charge in [0.15, 0.2) is 0 Å². The number of amides is 1. The van der Waals surface area contributed by atoms with Gasteiger partial charge in [0.05, 0.1) is 6.10 Å². The molecule has 2 fully saturated rings. The molecule has 2 aliphatic rings. The van der Waals surface area contributed by atoms with Gasteiger partial charge in [0, 0.05) is 58.6 Å². The molecule has 0 aliphatic carbocycles. The van der Waals surface area contributed by atoms with Crippen molar-refractivity contribution in [2.45, 2.75) is 58.8 Å². The summed E-state index contributed by atoms with van der Waals surface area (Å²) in [5.41, 5.74) is 3.58. The number of hydrogen-bond acceptors (Lipinski definition) is 5. The molecule has 0 saturated carbocycles. The van der Waals surface area contributed by atoms with E-state index in [1.807, 2.05) is 32.8 Å². The lowest BCUT2D eigenvalue weighted by Gasteiger charge is -2.37. The summed E-state index contributed by atoms with van der Waals surface area (Å²) in [5, 5.41) is 0. The predicted molar refractivity (Wildman–Crippen MR) is 117 cm³/mol. The third kappa shape index (κ3) is 6.09. The Hall–Kier alpha value is -1.79. The van der Waals surface area contributed by atoms with Gasteiger partial charge in [0.2, 0.25) is 0 Å². The van der Waals surface area contributed by atoms with Crippen LogP contribution in [0.3, 0.4) is 0 Å². The molecule has 0 unspecified atom stereocenters. The smallest absolute Gasteiger partial charge is 0.410 e. The van der Waals surface area contributed by atoms with Gasteiger partial charge in [-0.05, 0) is 57.7 Å². The van der Waals surface area contributed by atoms with E-state index in [1.54, 1.807) is 0 Å². The van der Waals surface area contributed by atoms with Gasteiger partial charge >= 0.3 is 6.09 Å². The topological polar surface area (TPSA) is 45.2 Å². The Balaban J connectivity index is 1.59. The zero-order valence-electron chi connectivity index (χ0n) is 18.7. The first-order chi connectivity index (χ1) is 13.7. The number of ether oxygens (including phenoxy) is 2. The monoisotopic (exact) mass is 403 g/mol. The second kappa shape index (κ2) is 9.35. The number of aryl methyl sites for hydroxylation is 1. The van der Waals surface area contributed by atoms with Gasteiger partial charge in [-0.1, -0.05) is 12.1 Å². The van der Waals surface area contributed by atoms with Crippen LogP contribution >= 0.6 is 0 Å². The molecule has 1 amide bonds. The number of benzene rings is 1. The van der Waals surface area contributed by atoms with Gasteiger partial charge in [-0.3, -0.25) is 4.90 Å². The second-order valence-corrected chi connectivity index (χ2v) is 9.30. The maximum Gasteiger partial charge on any atom is 0.410 e. The maximum absolute atomic E-state index is 12.3. The molecule has 2 heterocycles. The van der Waals surface area contributed by atoms with E-state index >= 15 is 0 Å². The molecule has 2 saturated heterocycles. The van der Waals surface area contributed by atoms with Crippen molar-refractivity contribution < 1.29 is 14.3 Å². The van der Waals surface area contributed by atoms with E-state index in [-0.39, 0.29) is 6.09 Å². The normalized spacial score (nSPS) is 19.5. The third-order valence-corrected chi connectivity index (χ3v) is 5.77. The lowest BCUT2D eigenvalue weighted by molar-refractivity contribution is 0.0139. The lowest BCUT2D eigenvalue weighted by Crippen LogP contribution is -2.49. The Bertz CT molecular complexity index is 685. The lowest BCUT2D eigenvalue weighted by atomic mass is 10.0. The minimum absolute atomic E-state index is 0.200. The van der Waals surface area contributed by atoms with Crippen LogP contribution < -0.4 is 4.90 Å². The number of methoxy groups -OCH3 is 1. The fraction of sp³-hybridized carbons (Fsp3) is 0.696. The van der Waals surface area contributed by atoms with E-state index in [0.717, 1.165) is 58.7 Å². The van der Waals surface area contributed by atoms with Crippen LogP contribution in [0.1, 0.15) is 44.7 Å². The van der Waals surface area contributed by atoms with Gasteiger partial charge in [0.25, 0.3) is 0 Å². The maximum atomic E-state index is 12.3. The van der Waals surface area contributed by atoms with Gasteiger partial charge in [-0.15, -0.1) is 0 Å². The fourth-order valence-corrected chi connectivity index (χ4v) is 4.09. The first-order valence-electron chi connectivity index (χ1n) is 10.8. The van der Waals surface area contributed by atoms with Gasteiger partial charge in [0.1, 0.15) is 5.60 Å². The number of anilines is 1. The number of hydrogen-bond donors (Lipinski definition) is 0. The third-order valence-electron chi connectivity index (χ3n) is 5.77. The largest absolute Gasteiger partial charge is 0.444 e. The molecule has 0 radical (unpaired) electrons. The molecule has 0 atom stereocenters. The molecule has 1 aromatic carbocycles. The van der Waals surface area contributed by atoms with Crippen LogP contribution in [0.5, 0.6) is 0 Å². The summed E-state index contributed by atoms with van der Waals surface area (Å²) in [6.07, 6.45) is 2.35. The van der Waals surface area contributed by atoms with Crippen LogP contribution in [0.25, 0.3) is 0 Å². The van der Waals surface area contributed by atoms with E-state index in [0.29, 0.717) is 6.10 Å². The number of piperazine rings is 1. The summed E-state index contributed by atoms with van der Waals surface area (Å²) in [5.74, 6) is 0. The summed E-state index contributed by atoms with van der Waals surface area (Å²) < 4.78 is 11.0. The average molecular weight is 404 g/mol. The van der Waals surface area contributed by atoms with Crippen molar-refractivity contribution in [3.8, 4) is 0 Å². The molecule has 0 N–H and O–H groups in total. The van der Waals surface area contributed by atoms with Crippen molar-refractivity contribution in [3.63, 3.8) is 0 Å². The van der Waals surface area contributed by atoms with Crippen molar-refractivity contribution in [1.82, 2.24) is 9.80 Å². The molecule has 6 heteroatoms. The highest BCUT2D eigenvalue weighted by atomic mass is 16.6. The Morgan fingerprint density at radius 3 is 2.31 bits per heavy atom. The van der Waals surface area contributed by atoms with E-state index in [9.17, 15) is 4.79 Å². The summed E-state index contributed by atoms with van der Waals surface area (Å²) in [6, 6.07) is 6.80. The molecule has 1 aromatic rings. The summed E-state index contributed by atoms with van der Waals surface area (Å²) in [7, 11) is 1.81. The molecule has 6 nitrogen and oxygen atoms in total. The van der Waals surface area contributed by atoms with Crippen molar-refractivity contribution >= 4 is 11.8 Å². The summed E-state index contributed by atoms with van der Waals surface area (Å²) >= 11 is 0. The highest BCUT2D eigenvalue weighted by Crippen LogP contribution is 2.28. The van der Waals surface area contributed by atoms with E-state index < -0.39 is 5.60 Å². The highest BCUT2D eigenvalue weighted by molar-refractivity contribution is 5.68. The van der Waals surface area contributed by atoms with Crippen molar-refractivity contribution in [2.24, 2.45) is 0 Å². The van der Waals surface area contributed by atoms with Crippen LogP contribution in [0, 0.1) is 6.92 Å². The Morgan fingerprint density at radius 1 is 1.07 bits per heavy atom. The van der Waals surface area contributed by atoms with E-state index in [2.05, 4.69) is 34.9 Å². The predicted octanol–water partition coefficient (Wildman–Crippen LogP) is 3.66. The van der Waals surface area contributed by atoms with E-state index in [4.69, 9.17) is 9.47 Å². The SMILES string of the molecule is COC1CCN(c2cc(C)ccc2CN2CCN(C(=O)OC(C)(C)C)CC2)CC1. The van der Waals surface area contributed by atoms with Gasteiger partial charge in [-0.25, -0.2) is 4.79 Å². The van der Waals surface area contributed by atoms with Crippen molar-refractivity contribution in [2.75, 3.05) is 51.3 Å².